The zero-order chi connectivity index (χ0) is 14.8. The third-order valence-corrected chi connectivity index (χ3v) is 5.38. The maximum absolute atomic E-state index is 5.95. The standard InChI is InChI=1S/C13H14ClN5S2/c1-2-7-5-9-11(16-6-8-3-4-10(14)20-8)17-13(19-15)18-12(9)21-7/h3-5H,2,6,15H2,1H3,(H2,16,17,18,19). The molecule has 0 aliphatic rings. The first-order valence-electron chi connectivity index (χ1n) is 6.44. The van der Waals surface area contributed by atoms with Crippen molar-refractivity contribution in [1.29, 1.82) is 0 Å². The lowest BCUT2D eigenvalue weighted by Gasteiger charge is -2.07. The molecule has 110 valence electrons. The molecule has 0 spiro atoms. The van der Waals surface area contributed by atoms with E-state index in [9.17, 15) is 0 Å². The highest BCUT2D eigenvalue weighted by Crippen LogP contribution is 2.31. The Kier molecular flexibility index (Phi) is 4.25. The van der Waals surface area contributed by atoms with Gasteiger partial charge in [0.05, 0.1) is 16.3 Å². The van der Waals surface area contributed by atoms with Crippen LogP contribution in [-0.2, 0) is 13.0 Å². The molecule has 0 amide bonds. The van der Waals surface area contributed by atoms with Crippen LogP contribution in [0.2, 0.25) is 4.34 Å². The topological polar surface area (TPSA) is 75.9 Å². The third-order valence-electron chi connectivity index (χ3n) is 2.98. The molecule has 3 heterocycles. The lowest BCUT2D eigenvalue weighted by Crippen LogP contribution is -2.11. The molecule has 3 aromatic heterocycles. The van der Waals surface area contributed by atoms with Crippen LogP contribution in [0.5, 0.6) is 0 Å². The SMILES string of the molecule is CCc1cc2c(NCc3ccc(Cl)s3)nc(NN)nc2s1. The zero-order valence-electron chi connectivity index (χ0n) is 11.3. The minimum Gasteiger partial charge on any atom is -0.364 e. The van der Waals surface area contributed by atoms with Crippen molar-refractivity contribution >= 4 is 56.3 Å². The summed E-state index contributed by atoms with van der Waals surface area (Å²) in [5.74, 6) is 6.65. The number of nitrogens with one attached hydrogen (secondary N) is 2. The Balaban J connectivity index is 1.93. The number of hydrogen-bond donors (Lipinski definition) is 3. The molecule has 0 saturated carbocycles. The fourth-order valence-corrected chi connectivity index (χ4v) is 3.96. The number of aromatic nitrogens is 2. The number of nitrogens with two attached hydrogens (primary N) is 1. The second-order valence-corrected chi connectivity index (χ2v) is 7.30. The van der Waals surface area contributed by atoms with Crippen molar-refractivity contribution in [3.05, 3.63) is 32.3 Å². The lowest BCUT2D eigenvalue weighted by atomic mass is 10.3. The van der Waals surface area contributed by atoms with Gasteiger partial charge in [0.25, 0.3) is 0 Å². The number of fused-ring (bicyclic) bond motifs is 1. The average Bonchev–Trinajstić information content (AvgIpc) is 3.10. The van der Waals surface area contributed by atoms with Gasteiger partial charge in [-0.3, -0.25) is 5.43 Å². The molecule has 0 saturated heterocycles. The van der Waals surface area contributed by atoms with E-state index in [1.165, 1.54) is 4.88 Å². The van der Waals surface area contributed by atoms with Gasteiger partial charge in [0.15, 0.2) is 0 Å². The van der Waals surface area contributed by atoms with Crippen molar-refractivity contribution in [2.75, 3.05) is 10.7 Å². The number of halogens is 1. The number of anilines is 2. The summed E-state index contributed by atoms with van der Waals surface area (Å²) >= 11 is 9.16. The Morgan fingerprint density at radius 2 is 2.10 bits per heavy atom. The van der Waals surface area contributed by atoms with E-state index < -0.39 is 0 Å². The molecule has 8 heteroatoms. The predicted molar refractivity (Wildman–Crippen MR) is 91.3 cm³/mol. The summed E-state index contributed by atoms with van der Waals surface area (Å²) in [7, 11) is 0. The van der Waals surface area contributed by atoms with Crippen LogP contribution in [0.4, 0.5) is 11.8 Å². The molecule has 0 bridgehead atoms. The second kappa shape index (κ2) is 6.15. The summed E-state index contributed by atoms with van der Waals surface area (Å²) in [6, 6.07) is 6.03. The van der Waals surface area contributed by atoms with Gasteiger partial charge in [0.1, 0.15) is 10.6 Å². The minimum absolute atomic E-state index is 0.415. The van der Waals surface area contributed by atoms with Crippen molar-refractivity contribution in [2.45, 2.75) is 19.9 Å². The van der Waals surface area contributed by atoms with Crippen LogP contribution in [0.3, 0.4) is 0 Å². The monoisotopic (exact) mass is 339 g/mol. The Hall–Kier alpha value is -1.41. The fraction of sp³-hybridized carbons (Fsp3) is 0.231. The highest BCUT2D eigenvalue weighted by Gasteiger charge is 2.11. The zero-order valence-corrected chi connectivity index (χ0v) is 13.7. The molecule has 0 fully saturated rings. The van der Waals surface area contributed by atoms with E-state index in [0.717, 1.165) is 31.7 Å². The third kappa shape index (κ3) is 3.11. The van der Waals surface area contributed by atoms with Crippen molar-refractivity contribution in [2.24, 2.45) is 5.84 Å². The van der Waals surface area contributed by atoms with Gasteiger partial charge in [0.2, 0.25) is 5.95 Å². The fourth-order valence-electron chi connectivity index (χ4n) is 1.96. The van der Waals surface area contributed by atoms with Crippen LogP contribution in [0, 0.1) is 0 Å². The number of thiophene rings is 2. The molecule has 3 aromatic rings. The van der Waals surface area contributed by atoms with Crippen LogP contribution in [0.15, 0.2) is 18.2 Å². The van der Waals surface area contributed by atoms with Gasteiger partial charge in [-0.15, -0.1) is 22.7 Å². The van der Waals surface area contributed by atoms with Gasteiger partial charge in [-0.25, -0.2) is 10.8 Å². The highest BCUT2D eigenvalue weighted by molar-refractivity contribution is 7.18. The Morgan fingerprint density at radius 3 is 2.76 bits per heavy atom. The van der Waals surface area contributed by atoms with Gasteiger partial charge in [-0.1, -0.05) is 18.5 Å². The Morgan fingerprint density at radius 1 is 1.24 bits per heavy atom. The van der Waals surface area contributed by atoms with E-state index in [2.05, 4.69) is 33.7 Å². The number of rotatable bonds is 5. The number of nitrogen functional groups attached to an aromatic ring is 1. The summed E-state index contributed by atoms with van der Waals surface area (Å²) in [4.78, 5) is 12.2. The molecule has 21 heavy (non-hydrogen) atoms. The van der Waals surface area contributed by atoms with Gasteiger partial charge in [-0.2, -0.15) is 4.98 Å². The van der Waals surface area contributed by atoms with Crippen molar-refractivity contribution < 1.29 is 0 Å². The first-order chi connectivity index (χ1) is 10.2. The maximum Gasteiger partial charge on any atom is 0.240 e. The van der Waals surface area contributed by atoms with Crippen LogP contribution in [0.1, 0.15) is 16.7 Å². The molecule has 0 aliphatic carbocycles. The number of hydrogen-bond acceptors (Lipinski definition) is 7. The molecular formula is C13H14ClN5S2. The highest BCUT2D eigenvalue weighted by atomic mass is 35.5. The molecule has 4 N–H and O–H groups in total. The van der Waals surface area contributed by atoms with Gasteiger partial charge >= 0.3 is 0 Å². The van der Waals surface area contributed by atoms with Crippen LogP contribution in [0.25, 0.3) is 10.2 Å². The first kappa shape index (κ1) is 14.5. The normalized spacial score (nSPS) is 11.0. The summed E-state index contributed by atoms with van der Waals surface area (Å²) in [6.45, 7) is 2.80. The van der Waals surface area contributed by atoms with E-state index in [1.54, 1.807) is 22.7 Å². The molecule has 0 atom stereocenters. The van der Waals surface area contributed by atoms with E-state index in [4.69, 9.17) is 17.4 Å². The van der Waals surface area contributed by atoms with Crippen molar-refractivity contribution in [3.8, 4) is 0 Å². The largest absolute Gasteiger partial charge is 0.364 e. The molecule has 0 aliphatic heterocycles. The second-order valence-electron chi connectivity index (χ2n) is 4.38. The average molecular weight is 340 g/mol. The summed E-state index contributed by atoms with van der Waals surface area (Å²) in [5.41, 5.74) is 2.52. The number of nitrogens with zero attached hydrogens (tertiary/aromatic N) is 2. The minimum atomic E-state index is 0.415. The van der Waals surface area contributed by atoms with Crippen LogP contribution < -0.4 is 16.6 Å². The molecule has 0 aromatic carbocycles. The Labute approximate surface area is 135 Å². The molecule has 0 unspecified atom stereocenters. The molecule has 0 radical (unpaired) electrons. The van der Waals surface area contributed by atoms with E-state index in [-0.39, 0.29) is 0 Å². The molecule has 5 nitrogen and oxygen atoms in total. The first-order valence-corrected chi connectivity index (χ1v) is 8.46. The number of hydrazine groups is 1. The summed E-state index contributed by atoms with van der Waals surface area (Å²) in [5, 5.41) is 4.37. The van der Waals surface area contributed by atoms with Gasteiger partial charge in [-0.05, 0) is 24.6 Å². The maximum atomic E-state index is 5.95. The van der Waals surface area contributed by atoms with Gasteiger partial charge < -0.3 is 5.32 Å². The Bertz CT molecular complexity index is 767. The van der Waals surface area contributed by atoms with E-state index in [0.29, 0.717) is 12.5 Å². The lowest BCUT2D eigenvalue weighted by molar-refractivity contribution is 1.11. The number of aryl methyl sites for hydroxylation is 1. The molecule has 3 rings (SSSR count). The van der Waals surface area contributed by atoms with E-state index in [1.807, 2.05) is 12.1 Å². The predicted octanol–water partition coefficient (Wildman–Crippen LogP) is 3.87. The molecular weight excluding hydrogens is 326 g/mol. The van der Waals surface area contributed by atoms with Crippen molar-refractivity contribution in [1.82, 2.24) is 9.97 Å². The van der Waals surface area contributed by atoms with Gasteiger partial charge in [0, 0.05) is 9.75 Å². The van der Waals surface area contributed by atoms with Crippen LogP contribution in [-0.4, -0.2) is 9.97 Å². The smallest absolute Gasteiger partial charge is 0.240 e. The summed E-state index contributed by atoms with van der Waals surface area (Å²) < 4.78 is 0.785. The van der Waals surface area contributed by atoms with E-state index >= 15 is 0 Å². The van der Waals surface area contributed by atoms with Crippen LogP contribution >= 0.6 is 34.3 Å². The summed E-state index contributed by atoms with van der Waals surface area (Å²) in [6.07, 6.45) is 0.979. The quantitative estimate of drug-likeness (QED) is 0.486. The van der Waals surface area contributed by atoms with Crippen molar-refractivity contribution in [3.63, 3.8) is 0 Å².